The average molecular weight is 153 g/mol. The summed E-state index contributed by atoms with van der Waals surface area (Å²) in [6, 6.07) is 0.353. The van der Waals surface area contributed by atoms with Crippen molar-refractivity contribution in [3.63, 3.8) is 0 Å². The molecule has 2 aliphatic heterocycles. The minimum absolute atomic E-state index is 0.0764. The van der Waals surface area contributed by atoms with Crippen LogP contribution in [-0.4, -0.2) is 18.3 Å². The van der Waals surface area contributed by atoms with Crippen molar-refractivity contribution in [2.24, 2.45) is 11.8 Å². The van der Waals surface area contributed by atoms with Gasteiger partial charge in [-0.05, 0) is 25.8 Å². The van der Waals surface area contributed by atoms with Gasteiger partial charge in [-0.25, -0.2) is 4.39 Å². The maximum Gasteiger partial charge on any atom is 0.172 e. The lowest BCUT2D eigenvalue weighted by atomic mass is 9.66. The average Bonchev–Trinajstić information content (AvgIpc) is 2.44. The topological polar surface area (TPSA) is 12.0 Å². The molecule has 2 heterocycles. The summed E-state index contributed by atoms with van der Waals surface area (Å²) in [5.41, 5.74) is -1.39. The number of terminal acetylenes is 1. The Kier molecular flexibility index (Phi) is 1.28. The summed E-state index contributed by atoms with van der Waals surface area (Å²) in [6.45, 7) is 2.47. The fourth-order valence-electron chi connectivity index (χ4n) is 2.39. The Morgan fingerprint density at radius 2 is 2.45 bits per heavy atom. The van der Waals surface area contributed by atoms with Crippen LogP contribution in [0.4, 0.5) is 4.39 Å². The molecule has 0 spiro atoms. The monoisotopic (exact) mass is 153 g/mol. The smallest absolute Gasteiger partial charge is 0.172 e. The molecule has 1 saturated carbocycles. The van der Waals surface area contributed by atoms with Crippen LogP contribution in [0.2, 0.25) is 0 Å². The van der Waals surface area contributed by atoms with E-state index >= 15 is 0 Å². The molecule has 3 aliphatic rings. The quantitative estimate of drug-likeness (QED) is 0.553. The zero-order valence-electron chi connectivity index (χ0n) is 6.60. The predicted molar refractivity (Wildman–Crippen MR) is 41.7 cm³/mol. The highest BCUT2D eigenvalue weighted by molar-refractivity contribution is 5.19. The second-order valence-corrected chi connectivity index (χ2v) is 3.76. The van der Waals surface area contributed by atoms with Gasteiger partial charge in [0.25, 0.3) is 0 Å². The molecule has 11 heavy (non-hydrogen) atoms. The lowest BCUT2D eigenvalue weighted by Crippen LogP contribution is -2.48. The van der Waals surface area contributed by atoms with E-state index < -0.39 is 5.67 Å². The van der Waals surface area contributed by atoms with Gasteiger partial charge in [0.1, 0.15) is 0 Å². The van der Waals surface area contributed by atoms with E-state index in [1.165, 1.54) is 6.92 Å². The minimum atomic E-state index is -1.39. The van der Waals surface area contributed by atoms with Crippen molar-refractivity contribution in [1.82, 2.24) is 5.32 Å². The van der Waals surface area contributed by atoms with Crippen LogP contribution >= 0.6 is 0 Å². The second kappa shape index (κ2) is 1.98. The Hall–Kier alpha value is -0.550. The zero-order chi connectivity index (χ0) is 8.06. The largest absolute Gasteiger partial charge is 0.313 e. The van der Waals surface area contributed by atoms with Crippen LogP contribution in [0.15, 0.2) is 0 Å². The van der Waals surface area contributed by atoms with Gasteiger partial charge in [0.15, 0.2) is 5.67 Å². The highest BCUT2D eigenvalue weighted by Crippen LogP contribution is 2.47. The molecule has 60 valence electrons. The first-order valence-electron chi connectivity index (χ1n) is 4.05. The van der Waals surface area contributed by atoms with E-state index in [1.54, 1.807) is 0 Å². The van der Waals surface area contributed by atoms with E-state index in [1.807, 2.05) is 0 Å². The number of halogens is 1. The Balaban J connectivity index is 2.14. The summed E-state index contributed by atoms with van der Waals surface area (Å²) in [6.07, 6.45) is 6.23. The molecule has 3 fully saturated rings. The van der Waals surface area contributed by atoms with Crippen LogP contribution in [0.3, 0.4) is 0 Å². The zero-order valence-corrected chi connectivity index (χ0v) is 6.60. The molecule has 0 aromatic carbocycles. The molecule has 2 heteroatoms. The molecule has 1 nitrogen and oxygen atoms in total. The van der Waals surface area contributed by atoms with Crippen LogP contribution in [0.5, 0.6) is 0 Å². The fraction of sp³-hybridized carbons (Fsp3) is 0.778. The molecular formula is C9H12FN. The molecule has 0 aromatic heterocycles. The highest BCUT2D eigenvalue weighted by atomic mass is 19.1. The minimum Gasteiger partial charge on any atom is -0.313 e. The number of hydrogen-bond acceptors (Lipinski definition) is 1. The molecule has 3 rings (SSSR count). The van der Waals surface area contributed by atoms with Crippen LogP contribution < -0.4 is 5.32 Å². The normalized spacial score (nSPS) is 45.7. The van der Waals surface area contributed by atoms with Crippen LogP contribution in [0.25, 0.3) is 0 Å². The Labute approximate surface area is 66.4 Å². The summed E-state index contributed by atoms with van der Waals surface area (Å²) in [5.74, 6) is 2.81. The first-order chi connectivity index (χ1) is 5.15. The van der Waals surface area contributed by atoms with Crippen molar-refractivity contribution in [2.45, 2.75) is 25.1 Å². The number of fused-ring (bicyclic) bond motifs is 1. The van der Waals surface area contributed by atoms with Gasteiger partial charge in [-0.2, -0.15) is 0 Å². The van der Waals surface area contributed by atoms with Gasteiger partial charge in [-0.1, -0.05) is 5.92 Å². The van der Waals surface area contributed by atoms with E-state index in [4.69, 9.17) is 6.42 Å². The lowest BCUT2D eigenvalue weighted by Gasteiger charge is -2.40. The van der Waals surface area contributed by atoms with Gasteiger partial charge in [-0.15, -0.1) is 6.42 Å². The standard InChI is InChI=1S/C9H12FN/c1-3-9(2,10)8-6-4-7(8)11-5-6/h1,6-8,11H,4-5H2,2H3. The molecule has 2 saturated heterocycles. The van der Waals surface area contributed by atoms with Gasteiger partial charge < -0.3 is 5.32 Å². The molecule has 1 N–H and O–H groups in total. The van der Waals surface area contributed by atoms with E-state index in [0.717, 1.165) is 13.0 Å². The van der Waals surface area contributed by atoms with Gasteiger partial charge in [-0.3, -0.25) is 0 Å². The second-order valence-electron chi connectivity index (χ2n) is 3.76. The van der Waals surface area contributed by atoms with Gasteiger partial charge in [0, 0.05) is 12.0 Å². The SMILES string of the molecule is C#CC(C)(F)C1C2CNC1C2. The summed E-state index contributed by atoms with van der Waals surface area (Å²) >= 11 is 0. The van der Waals surface area contributed by atoms with Crippen molar-refractivity contribution in [3.8, 4) is 12.3 Å². The summed E-state index contributed by atoms with van der Waals surface area (Å²) in [4.78, 5) is 0. The maximum atomic E-state index is 13.5. The number of alkyl halides is 1. The molecule has 0 aromatic rings. The number of rotatable bonds is 1. The van der Waals surface area contributed by atoms with Crippen LogP contribution in [-0.2, 0) is 0 Å². The van der Waals surface area contributed by atoms with E-state index in [-0.39, 0.29) is 5.92 Å². The summed E-state index contributed by atoms with van der Waals surface area (Å²) < 4.78 is 13.5. The molecule has 2 bridgehead atoms. The Bertz CT molecular complexity index is 202. The lowest BCUT2D eigenvalue weighted by molar-refractivity contribution is 0.0577. The van der Waals surface area contributed by atoms with Crippen molar-refractivity contribution >= 4 is 0 Å². The number of nitrogens with one attached hydrogen (secondary N) is 1. The Morgan fingerprint density at radius 1 is 1.73 bits per heavy atom. The molecular weight excluding hydrogens is 141 g/mol. The molecule has 0 radical (unpaired) electrons. The number of hydrogen-bond donors (Lipinski definition) is 1. The van der Waals surface area contributed by atoms with Gasteiger partial charge in [0.2, 0.25) is 0 Å². The predicted octanol–water partition coefficient (Wildman–Crippen LogP) is 0.956. The van der Waals surface area contributed by atoms with Crippen molar-refractivity contribution < 1.29 is 4.39 Å². The fourth-order valence-corrected chi connectivity index (χ4v) is 2.39. The highest BCUT2D eigenvalue weighted by Gasteiger charge is 2.55. The third kappa shape index (κ3) is 0.810. The van der Waals surface area contributed by atoms with E-state index in [2.05, 4.69) is 11.2 Å². The van der Waals surface area contributed by atoms with Crippen molar-refractivity contribution in [3.05, 3.63) is 0 Å². The van der Waals surface area contributed by atoms with Gasteiger partial charge >= 0.3 is 0 Å². The maximum absolute atomic E-state index is 13.5. The summed E-state index contributed by atoms with van der Waals surface area (Å²) in [7, 11) is 0. The van der Waals surface area contributed by atoms with Crippen molar-refractivity contribution in [2.75, 3.05) is 6.54 Å². The molecule has 0 amide bonds. The Morgan fingerprint density at radius 3 is 2.82 bits per heavy atom. The van der Waals surface area contributed by atoms with E-state index in [0.29, 0.717) is 12.0 Å². The first-order valence-corrected chi connectivity index (χ1v) is 4.05. The first kappa shape index (κ1) is 7.12. The molecule has 1 aliphatic carbocycles. The van der Waals surface area contributed by atoms with E-state index in [9.17, 15) is 4.39 Å². The van der Waals surface area contributed by atoms with Gasteiger partial charge in [0.05, 0.1) is 0 Å². The molecule has 4 atom stereocenters. The third-order valence-corrected chi connectivity index (χ3v) is 3.05. The van der Waals surface area contributed by atoms with Crippen LogP contribution in [0, 0.1) is 24.2 Å². The summed E-state index contributed by atoms with van der Waals surface area (Å²) in [5, 5.41) is 3.25. The third-order valence-electron chi connectivity index (χ3n) is 3.05. The molecule has 4 unspecified atom stereocenters. The van der Waals surface area contributed by atoms with Crippen LogP contribution in [0.1, 0.15) is 13.3 Å². The van der Waals surface area contributed by atoms with Crippen molar-refractivity contribution in [1.29, 1.82) is 0 Å².